The molecule has 0 N–H and O–H groups in total. The summed E-state index contributed by atoms with van der Waals surface area (Å²) in [6.45, 7) is 0. The standard InChI is InChI=1S/C44H23N5O2/c45-22-27-18-33-34(19-28(27)23-46)48-43-32-17-16-29(30-6-5-7-31(41(30)32)42(43)47-33)25-14-12-24(13-15-25)26-20-39-44-40(21-26)51-38-11-4-2-9-36(38)49(44)35-8-1-3-10-37(35)50-39/h1-12,14,16-21H,13,15H2. The molecule has 11 rings (SSSR count). The first-order valence-electron chi connectivity index (χ1n) is 16.8. The molecule has 0 radical (unpaired) electrons. The van der Waals surface area contributed by atoms with Crippen molar-refractivity contribution >= 4 is 50.0 Å². The van der Waals surface area contributed by atoms with E-state index >= 15 is 0 Å². The lowest BCUT2D eigenvalue weighted by Crippen LogP contribution is -2.20. The molecule has 2 aliphatic heterocycles. The number of rotatable bonds is 2. The normalized spacial score (nSPS) is 14.2. The van der Waals surface area contributed by atoms with E-state index in [2.05, 4.69) is 83.8 Å². The highest BCUT2D eigenvalue weighted by Crippen LogP contribution is 2.60. The molecule has 7 nitrogen and oxygen atoms in total. The average molecular weight is 654 g/mol. The van der Waals surface area contributed by atoms with Crippen molar-refractivity contribution in [1.29, 1.82) is 10.5 Å². The summed E-state index contributed by atoms with van der Waals surface area (Å²) in [5.41, 5.74) is 13.2. The van der Waals surface area contributed by atoms with Crippen molar-refractivity contribution in [2.75, 3.05) is 4.90 Å². The van der Waals surface area contributed by atoms with Gasteiger partial charge >= 0.3 is 0 Å². The van der Waals surface area contributed by atoms with Crippen molar-refractivity contribution in [1.82, 2.24) is 9.97 Å². The zero-order chi connectivity index (χ0) is 33.8. The van der Waals surface area contributed by atoms with Gasteiger partial charge in [-0.15, -0.1) is 0 Å². The molecule has 0 amide bonds. The van der Waals surface area contributed by atoms with Gasteiger partial charge in [0.2, 0.25) is 0 Å². The molecule has 1 aromatic heterocycles. The second-order valence-electron chi connectivity index (χ2n) is 13.1. The van der Waals surface area contributed by atoms with Crippen LogP contribution in [0.2, 0.25) is 0 Å². The van der Waals surface area contributed by atoms with E-state index in [1.54, 1.807) is 12.1 Å². The Hall–Kier alpha value is -7.22. The Balaban J connectivity index is 0.993. The highest BCUT2D eigenvalue weighted by molar-refractivity contribution is 6.17. The number of ether oxygens (including phenoxy) is 2. The quantitative estimate of drug-likeness (QED) is 0.183. The first kappa shape index (κ1) is 27.7. The number of hydrogen-bond donors (Lipinski definition) is 0. The van der Waals surface area contributed by atoms with Gasteiger partial charge in [-0.3, -0.25) is 4.90 Å². The van der Waals surface area contributed by atoms with Crippen LogP contribution in [-0.4, -0.2) is 9.97 Å². The van der Waals surface area contributed by atoms with Gasteiger partial charge in [-0.1, -0.05) is 66.7 Å². The number of nitrogens with zero attached hydrogens (tertiary/aromatic N) is 5. The summed E-state index contributed by atoms with van der Waals surface area (Å²) in [6.07, 6.45) is 6.21. The molecule has 0 saturated heterocycles. The Morgan fingerprint density at radius 3 is 1.75 bits per heavy atom. The fraction of sp³-hybridized carbons (Fsp3) is 0.0455. The zero-order valence-electron chi connectivity index (χ0n) is 26.9. The van der Waals surface area contributed by atoms with Crippen LogP contribution in [0.1, 0.15) is 35.1 Å². The molecule has 3 heterocycles. The number of nitriles is 2. The first-order valence-corrected chi connectivity index (χ1v) is 16.8. The monoisotopic (exact) mass is 653 g/mol. The molecule has 6 aromatic carbocycles. The maximum Gasteiger partial charge on any atom is 0.156 e. The number of para-hydroxylation sites is 4. The molecule has 4 aliphatic rings. The maximum absolute atomic E-state index is 9.58. The van der Waals surface area contributed by atoms with Gasteiger partial charge in [0.15, 0.2) is 23.0 Å². The maximum atomic E-state index is 9.58. The molecule has 0 spiro atoms. The van der Waals surface area contributed by atoms with Gasteiger partial charge in [0, 0.05) is 16.5 Å². The minimum absolute atomic E-state index is 0.305. The topological polar surface area (TPSA) is 95.1 Å². The van der Waals surface area contributed by atoms with Crippen LogP contribution in [0.4, 0.5) is 17.1 Å². The summed E-state index contributed by atoms with van der Waals surface area (Å²) in [7, 11) is 0. The predicted molar refractivity (Wildman–Crippen MR) is 197 cm³/mol. The van der Waals surface area contributed by atoms with Crippen LogP contribution in [0.15, 0.2) is 115 Å². The fourth-order valence-corrected chi connectivity index (χ4v) is 8.05. The molecule has 236 valence electrons. The van der Waals surface area contributed by atoms with Gasteiger partial charge < -0.3 is 9.47 Å². The van der Waals surface area contributed by atoms with Crippen molar-refractivity contribution in [2.45, 2.75) is 12.8 Å². The molecule has 2 aliphatic carbocycles. The molecule has 0 fully saturated rings. The lowest BCUT2D eigenvalue weighted by Gasteiger charge is -2.38. The Morgan fingerprint density at radius 1 is 0.569 bits per heavy atom. The van der Waals surface area contributed by atoms with E-state index in [4.69, 9.17) is 19.4 Å². The number of hydrogen-bond acceptors (Lipinski definition) is 7. The van der Waals surface area contributed by atoms with Gasteiger partial charge in [0.05, 0.1) is 44.9 Å². The Morgan fingerprint density at radius 2 is 1.14 bits per heavy atom. The predicted octanol–water partition coefficient (Wildman–Crippen LogP) is 11.1. The van der Waals surface area contributed by atoms with Crippen LogP contribution in [0.25, 0.3) is 55.5 Å². The van der Waals surface area contributed by atoms with Crippen molar-refractivity contribution in [2.24, 2.45) is 0 Å². The summed E-state index contributed by atoms with van der Waals surface area (Å²) < 4.78 is 13.0. The number of benzene rings is 6. The van der Waals surface area contributed by atoms with E-state index in [9.17, 15) is 10.5 Å². The van der Waals surface area contributed by atoms with Crippen molar-refractivity contribution in [3.8, 4) is 57.7 Å². The average Bonchev–Trinajstić information content (AvgIpc) is 3.49. The van der Waals surface area contributed by atoms with Crippen LogP contribution < -0.4 is 14.4 Å². The molecule has 0 saturated carbocycles. The largest absolute Gasteiger partial charge is 0.453 e. The second-order valence-corrected chi connectivity index (χ2v) is 13.1. The highest BCUT2D eigenvalue weighted by atomic mass is 16.5. The van der Waals surface area contributed by atoms with E-state index in [-0.39, 0.29) is 0 Å². The number of anilines is 3. The molecular weight excluding hydrogens is 631 g/mol. The Labute approximate surface area is 292 Å². The van der Waals surface area contributed by atoms with Gasteiger partial charge in [0.1, 0.15) is 17.8 Å². The molecule has 0 unspecified atom stereocenters. The van der Waals surface area contributed by atoms with E-state index < -0.39 is 0 Å². The number of allylic oxidation sites excluding steroid dienone is 4. The van der Waals surface area contributed by atoms with Crippen LogP contribution in [-0.2, 0) is 0 Å². The minimum atomic E-state index is 0.305. The lowest BCUT2D eigenvalue weighted by atomic mass is 9.87. The summed E-state index contributed by atoms with van der Waals surface area (Å²) in [6, 6.07) is 38.8. The molecule has 7 aromatic rings. The van der Waals surface area contributed by atoms with Gasteiger partial charge in [0.25, 0.3) is 0 Å². The molecular formula is C44H23N5O2. The van der Waals surface area contributed by atoms with Crippen molar-refractivity contribution in [3.05, 3.63) is 138 Å². The smallest absolute Gasteiger partial charge is 0.156 e. The summed E-state index contributed by atoms with van der Waals surface area (Å²) in [4.78, 5) is 12.2. The highest BCUT2D eigenvalue weighted by Gasteiger charge is 2.35. The zero-order valence-corrected chi connectivity index (χ0v) is 26.9. The second kappa shape index (κ2) is 10.1. The third-order valence-corrected chi connectivity index (χ3v) is 10.4. The van der Waals surface area contributed by atoms with Gasteiger partial charge in [-0.05, 0) is 89.0 Å². The van der Waals surface area contributed by atoms with Crippen LogP contribution in [0.5, 0.6) is 23.0 Å². The Bertz CT molecular complexity index is 2770. The van der Waals surface area contributed by atoms with Gasteiger partial charge in [-0.25, -0.2) is 9.97 Å². The van der Waals surface area contributed by atoms with Crippen LogP contribution >= 0.6 is 0 Å². The van der Waals surface area contributed by atoms with Crippen molar-refractivity contribution < 1.29 is 9.47 Å². The SMILES string of the molecule is N#Cc1cc2nc3c(nc2cc1C#N)-c1ccc(C2=CC=C(c4cc5c6c(c4)Oc4ccccc4N6c4ccccc4O5)CC2)c2cccc-3c12. The molecule has 0 atom stereocenters. The summed E-state index contributed by atoms with van der Waals surface area (Å²) in [5.74, 6) is 3.19. The van der Waals surface area contributed by atoms with E-state index in [1.165, 1.54) is 16.7 Å². The molecule has 7 heteroatoms. The van der Waals surface area contributed by atoms with Gasteiger partial charge in [-0.2, -0.15) is 10.5 Å². The number of aromatic nitrogens is 2. The van der Waals surface area contributed by atoms with Crippen LogP contribution in [0.3, 0.4) is 0 Å². The fourth-order valence-electron chi connectivity index (χ4n) is 8.05. The first-order chi connectivity index (χ1) is 25.2. The summed E-state index contributed by atoms with van der Waals surface area (Å²) >= 11 is 0. The van der Waals surface area contributed by atoms with Crippen molar-refractivity contribution in [3.63, 3.8) is 0 Å². The Kier molecular flexibility index (Phi) is 5.51. The van der Waals surface area contributed by atoms with Crippen LogP contribution in [0, 0.1) is 22.7 Å². The number of fused-ring (bicyclic) bond motifs is 8. The van der Waals surface area contributed by atoms with E-state index in [1.807, 2.05) is 36.4 Å². The molecule has 51 heavy (non-hydrogen) atoms. The van der Waals surface area contributed by atoms with E-state index in [0.717, 1.165) is 91.8 Å². The lowest BCUT2D eigenvalue weighted by molar-refractivity contribution is 0.445. The molecule has 0 bridgehead atoms. The van der Waals surface area contributed by atoms with E-state index in [0.29, 0.717) is 22.2 Å². The minimum Gasteiger partial charge on any atom is -0.453 e. The third-order valence-electron chi connectivity index (χ3n) is 10.4. The summed E-state index contributed by atoms with van der Waals surface area (Å²) in [5, 5.41) is 21.4. The third kappa shape index (κ3) is 3.86.